The van der Waals surface area contributed by atoms with Crippen molar-refractivity contribution in [1.29, 1.82) is 0 Å². The number of alkyl carbamates (subject to hydrolysis) is 1. The van der Waals surface area contributed by atoms with Gasteiger partial charge in [0.05, 0.1) is 5.60 Å². The van der Waals surface area contributed by atoms with Crippen LogP contribution in [0.4, 0.5) is 18.0 Å². The maximum Gasteiger partial charge on any atom is 0.422 e. The van der Waals surface area contributed by atoms with Crippen molar-refractivity contribution in [2.24, 2.45) is 0 Å². The minimum Gasteiger partial charge on any atom is -0.440 e. The van der Waals surface area contributed by atoms with Crippen LogP contribution in [0.15, 0.2) is 0 Å². The quantitative estimate of drug-likeness (QED) is 0.766. The number of carbonyl (C=O) groups excluding carboxylic acids is 1. The van der Waals surface area contributed by atoms with E-state index >= 15 is 0 Å². The molecule has 0 aromatic carbocycles. The molecule has 0 heterocycles. The second-order valence-electron chi connectivity index (χ2n) is 3.40. The minimum atomic E-state index is -4.54. The summed E-state index contributed by atoms with van der Waals surface area (Å²) in [6, 6.07) is 0. The highest BCUT2D eigenvalue weighted by Crippen LogP contribution is 2.14. The van der Waals surface area contributed by atoms with Crippen LogP contribution in [0.5, 0.6) is 0 Å². The van der Waals surface area contributed by atoms with Crippen LogP contribution in [-0.4, -0.2) is 36.1 Å². The van der Waals surface area contributed by atoms with Gasteiger partial charge in [-0.2, -0.15) is 13.2 Å². The van der Waals surface area contributed by atoms with Crippen LogP contribution in [0.1, 0.15) is 20.3 Å². The van der Waals surface area contributed by atoms with Crippen LogP contribution in [0.25, 0.3) is 0 Å². The Labute approximate surface area is 85.4 Å². The smallest absolute Gasteiger partial charge is 0.422 e. The van der Waals surface area contributed by atoms with Crippen LogP contribution in [0.2, 0.25) is 0 Å². The molecule has 0 fully saturated rings. The average molecular weight is 229 g/mol. The van der Waals surface area contributed by atoms with E-state index in [1.807, 2.05) is 5.32 Å². The van der Waals surface area contributed by atoms with Crippen molar-refractivity contribution in [3.05, 3.63) is 0 Å². The molecule has 0 aromatic rings. The number of hydrogen-bond acceptors (Lipinski definition) is 3. The molecule has 0 aliphatic carbocycles. The van der Waals surface area contributed by atoms with Crippen LogP contribution >= 0.6 is 0 Å². The minimum absolute atomic E-state index is 0.153. The Bertz CT molecular complexity index is 216. The fraction of sp³-hybridized carbons (Fsp3) is 0.875. The van der Waals surface area contributed by atoms with E-state index in [4.69, 9.17) is 0 Å². The lowest BCUT2D eigenvalue weighted by Crippen LogP contribution is -2.41. The normalized spacial score (nSPS) is 15.6. The first-order chi connectivity index (χ1) is 6.66. The molecule has 1 amide bonds. The molecule has 0 radical (unpaired) electrons. The SMILES string of the molecule is CCC(C)(O)CNC(=O)OCC(F)(F)F. The molecule has 0 bridgehead atoms. The van der Waals surface area contributed by atoms with Crippen molar-refractivity contribution in [3.8, 4) is 0 Å². The average Bonchev–Trinajstić information content (AvgIpc) is 2.10. The molecule has 2 N–H and O–H groups in total. The van der Waals surface area contributed by atoms with Gasteiger partial charge in [-0.1, -0.05) is 6.92 Å². The van der Waals surface area contributed by atoms with Gasteiger partial charge >= 0.3 is 12.3 Å². The summed E-state index contributed by atoms with van der Waals surface area (Å²) in [5, 5.41) is 11.4. The van der Waals surface area contributed by atoms with Gasteiger partial charge in [0.1, 0.15) is 0 Å². The molecule has 7 heteroatoms. The summed E-state index contributed by atoms with van der Waals surface area (Å²) in [6.45, 7) is 1.35. The summed E-state index contributed by atoms with van der Waals surface area (Å²) in [5.74, 6) is 0. The van der Waals surface area contributed by atoms with Crippen molar-refractivity contribution in [1.82, 2.24) is 5.32 Å². The number of hydrogen-bond donors (Lipinski definition) is 2. The number of amides is 1. The molecule has 0 saturated carbocycles. The van der Waals surface area contributed by atoms with Gasteiger partial charge in [0, 0.05) is 6.54 Å². The summed E-state index contributed by atoms with van der Waals surface area (Å²) in [4.78, 5) is 10.7. The molecule has 15 heavy (non-hydrogen) atoms. The first kappa shape index (κ1) is 14.0. The van der Waals surface area contributed by atoms with Gasteiger partial charge in [-0.05, 0) is 13.3 Å². The van der Waals surface area contributed by atoms with E-state index in [2.05, 4.69) is 4.74 Å². The lowest BCUT2D eigenvalue weighted by Gasteiger charge is -2.21. The summed E-state index contributed by atoms with van der Waals surface area (Å²) < 4.78 is 38.7. The number of halogens is 3. The van der Waals surface area contributed by atoms with E-state index in [0.29, 0.717) is 6.42 Å². The van der Waals surface area contributed by atoms with Gasteiger partial charge in [-0.25, -0.2) is 4.79 Å². The first-order valence-electron chi connectivity index (χ1n) is 4.36. The van der Waals surface area contributed by atoms with E-state index < -0.39 is 24.5 Å². The standard InChI is InChI=1S/C8H14F3NO3/c1-3-7(2,14)4-12-6(13)15-5-8(9,10)11/h14H,3-5H2,1-2H3,(H,12,13). The second-order valence-corrected chi connectivity index (χ2v) is 3.40. The summed E-state index contributed by atoms with van der Waals surface area (Å²) >= 11 is 0. The third-order valence-corrected chi connectivity index (χ3v) is 1.74. The van der Waals surface area contributed by atoms with E-state index in [-0.39, 0.29) is 6.54 Å². The van der Waals surface area contributed by atoms with Gasteiger partial charge in [0.15, 0.2) is 6.61 Å². The summed E-state index contributed by atoms with van der Waals surface area (Å²) in [5.41, 5.74) is -1.14. The van der Waals surface area contributed by atoms with Crippen molar-refractivity contribution < 1.29 is 27.8 Å². The predicted octanol–water partition coefficient (Wildman–Crippen LogP) is 1.44. The summed E-state index contributed by atoms with van der Waals surface area (Å²) in [6.07, 6.45) is -5.36. The van der Waals surface area contributed by atoms with Crippen LogP contribution in [0.3, 0.4) is 0 Å². The molecule has 0 saturated heterocycles. The number of ether oxygens (including phenoxy) is 1. The van der Waals surface area contributed by atoms with Crippen LogP contribution in [-0.2, 0) is 4.74 Å². The van der Waals surface area contributed by atoms with Crippen molar-refractivity contribution >= 4 is 6.09 Å². The maximum absolute atomic E-state index is 11.6. The second kappa shape index (κ2) is 5.20. The van der Waals surface area contributed by atoms with Crippen molar-refractivity contribution in [2.45, 2.75) is 32.0 Å². The van der Waals surface area contributed by atoms with Crippen molar-refractivity contribution in [3.63, 3.8) is 0 Å². The monoisotopic (exact) mass is 229 g/mol. The molecule has 1 atom stereocenters. The Morgan fingerprint density at radius 2 is 2.00 bits per heavy atom. The number of aliphatic hydroxyl groups is 1. The van der Waals surface area contributed by atoms with Gasteiger partial charge < -0.3 is 15.2 Å². The molecular formula is C8H14F3NO3. The molecule has 0 aliphatic heterocycles. The highest BCUT2D eigenvalue weighted by atomic mass is 19.4. The zero-order valence-electron chi connectivity index (χ0n) is 8.52. The molecule has 0 aliphatic rings. The molecule has 0 spiro atoms. The largest absolute Gasteiger partial charge is 0.440 e. The Kier molecular flexibility index (Phi) is 4.86. The molecule has 0 aromatic heterocycles. The van der Waals surface area contributed by atoms with Gasteiger partial charge in [-0.3, -0.25) is 0 Å². The Morgan fingerprint density at radius 1 is 1.47 bits per heavy atom. The zero-order chi connectivity index (χ0) is 12.1. The van der Waals surface area contributed by atoms with Crippen LogP contribution in [0, 0.1) is 0 Å². The van der Waals surface area contributed by atoms with Gasteiger partial charge in [-0.15, -0.1) is 0 Å². The molecular weight excluding hydrogens is 215 g/mol. The van der Waals surface area contributed by atoms with Crippen molar-refractivity contribution in [2.75, 3.05) is 13.2 Å². The predicted molar refractivity (Wildman–Crippen MR) is 46.3 cm³/mol. The Hall–Kier alpha value is -0.980. The fourth-order valence-electron chi connectivity index (χ4n) is 0.586. The topological polar surface area (TPSA) is 58.6 Å². The van der Waals surface area contributed by atoms with E-state index in [1.54, 1.807) is 6.92 Å². The molecule has 90 valence electrons. The molecule has 4 nitrogen and oxygen atoms in total. The number of nitrogens with one attached hydrogen (secondary N) is 1. The number of rotatable bonds is 4. The number of alkyl halides is 3. The first-order valence-corrected chi connectivity index (χ1v) is 4.36. The molecule has 0 rings (SSSR count). The van der Waals surface area contributed by atoms with E-state index in [9.17, 15) is 23.1 Å². The Balaban J connectivity index is 3.77. The lowest BCUT2D eigenvalue weighted by atomic mass is 10.0. The van der Waals surface area contributed by atoms with Crippen LogP contribution < -0.4 is 5.32 Å². The highest BCUT2D eigenvalue weighted by Gasteiger charge is 2.30. The van der Waals surface area contributed by atoms with E-state index in [1.165, 1.54) is 6.92 Å². The third kappa shape index (κ3) is 8.04. The zero-order valence-corrected chi connectivity index (χ0v) is 8.52. The molecule has 1 unspecified atom stereocenters. The fourth-order valence-corrected chi connectivity index (χ4v) is 0.586. The lowest BCUT2D eigenvalue weighted by molar-refractivity contribution is -0.160. The van der Waals surface area contributed by atoms with Gasteiger partial charge in [0.25, 0.3) is 0 Å². The highest BCUT2D eigenvalue weighted by molar-refractivity contribution is 5.67. The van der Waals surface area contributed by atoms with E-state index in [0.717, 1.165) is 0 Å². The maximum atomic E-state index is 11.6. The third-order valence-electron chi connectivity index (χ3n) is 1.74. The van der Waals surface area contributed by atoms with Gasteiger partial charge in [0.2, 0.25) is 0 Å². The Morgan fingerprint density at radius 3 is 2.40 bits per heavy atom. The number of carbonyl (C=O) groups is 1. The summed E-state index contributed by atoms with van der Waals surface area (Å²) in [7, 11) is 0.